The summed E-state index contributed by atoms with van der Waals surface area (Å²) in [6.07, 6.45) is 0.898. The summed E-state index contributed by atoms with van der Waals surface area (Å²) in [6, 6.07) is 3.63. The zero-order chi connectivity index (χ0) is 15.1. The molecule has 1 heterocycles. The van der Waals surface area contributed by atoms with Gasteiger partial charge in [0.25, 0.3) is 0 Å². The molecule has 0 N–H and O–H groups in total. The summed E-state index contributed by atoms with van der Waals surface area (Å²) < 4.78 is 4.95. The van der Waals surface area contributed by atoms with Gasteiger partial charge in [-0.2, -0.15) is 5.26 Å². The molecule has 106 valence electrons. The topological polar surface area (TPSA) is 63.0 Å². The fraction of sp³-hybridized carbons (Fsp3) is 0.400. The molecule has 0 fully saturated rings. The third kappa shape index (κ3) is 4.10. The van der Waals surface area contributed by atoms with Crippen molar-refractivity contribution in [3.05, 3.63) is 35.0 Å². The molecule has 0 aliphatic carbocycles. The summed E-state index contributed by atoms with van der Waals surface area (Å²) in [5.74, 6) is 0.277. The van der Waals surface area contributed by atoms with Crippen molar-refractivity contribution in [3.63, 3.8) is 0 Å². The van der Waals surface area contributed by atoms with E-state index < -0.39 is 5.97 Å². The fourth-order valence-corrected chi connectivity index (χ4v) is 2.47. The van der Waals surface area contributed by atoms with E-state index in [1.54, 1.807) is 19.9 Å². The molecule has 0 unspecified atom stereocenters. The molecular weight excluding hydrogens is 272 g/mol. The first-order valence-corrected chi connectivity index (χ1v) is 7.40. The molecule has 0 saturated heterocycles. The summed E-state index contributed by atoms with van der Waals surface area (Å²) in [5, 5.41) is 9.82. The third-order valence-corrected chi connectivity index (χ3v) is 3.84. The van der Waals surface area contributed by atoms with Crippen LogP contribution >= 0.6 is 11.8 Å². The van der Waals surface area contributed by atoms with Crippen LogP contribution in [0.25, 0.3) is 0 Å². The molecule has 0 aliphatic rings. The minimum atomic E-state index is -0.441. The van der Waals surface area contributed by atoms with Crippen molar-refractivity contribution in [2.75, 3.05) is 12.4 Å². The quantitative estimate of drug-likeness (QED) is 0.456. The molecule has 0 saturated carbocycles. The summed E-state index contributed by atoms with van der Waals surface area (Å²) in [6.45, 7) is 9.75. The molecule has 0 aliphatic heterocycles. The van der Waals surface area contributed by atoms with Crippen LogP contribution in [-0.2, 0) is 4.74 Å². The van der Waals surface area contributed by atoms with E-state index in [4.69, 9.17) is 4.74 Å². The number of carbonyl (C=O) groups is 1. The van der Waals surface area contributed by atoms with Crippen molar-refractivity contribution in [3.8, 4) is 6.07 Å². The molecule has 0 amide bonds. The number of carbonyl (C=O) groups excluding carboxylic acids is 1. The van der Waals surface area contributed by atoms with E-state index in [-0.39, 0.29) is 0 Å². The number of pyridine rings is 1. The molecule has 0 radical (unpaired) electrons. The van der Waals surface area contributed by atoms with Gasteiger partial charge in [0.1, 0.15) is 11.1 Å². The van der Waals surface area contributed by atoms with Crippen LogP contribution in [0.4, 0.5) is 0 Å². The first kappa shape index (κ1) is 16.3. The molecule has 4 nitrogen and oxygen atoms in total. The smallest absolute Gasteiger partial charge is 0.340 e. The second kappa shape index (κ2) is 7.71. The lowest BCUT2D eigenvalue weighted by atomic mass is 10.1. The Hall–Kier alpha value is -1.80. The van der Waals surface area contributed by atoms with Crippen molar-refractivity contribution in [1.29, 1.82) is 5.26 Å². The second-order valence-corrected chi connectivity index (χ2v) is 5.16. The Morgan fingerprint density at radius 2 is 2.25 bits per heavy atom. The highest BCUT2D eigenvalue weighted by atomic mass is 32.2. The normalized spacial score (nSPS) is 9.90. The summed E-state index contributed by atoms with van der Waals surface area (Å²) >= 11 is 1.47. The van der Waals surface area contributed by atoms with Crippen molar-refractivity contribution in [2.45, 2.75) is 32.2 Å². The molecule has 5 heteroatoms. The number of ether oxygens (including phenoxy) is 1. The van der Waals surface area contributed by atoms with Crippen LogP contribution in [0.5, 0.6) is 0 Å². The van der Waals surface area contributed by atoms with Gasteiger partial charge in [0, 0.05) is 5.75 Å². The Balaban J connectivity index is 3.05. The number of rotatable bonds is 6. The number of thioether (sulfide) groups is 1. The van der Waals surface area contributed by atoms with Crippen LogP contribution in [0.3, 0.4) is 0 Å². The van der Waals surface area contributed by atoms with Gasteiger partial charge < -0.3 is 4.74 Å². The van der Waals surface area contributed by atoms with Crippen LogP contribution in [0.15, 0.2) is 23.2 Å². The van der Waals surface area contributed by atoms with Crippen LogP contribution in [0, 0.1) is 18.3 Å². The summed E-state index contributed by atoms with van der Waals surface area (Å²) in [5.41, 5.74) is 2.41. The number of aromatic nitrogens is 1. The molecule has 0 atom stereocenters. The highest BCUT2D eigenvalue weighted by molar-refractivity contribution is 7.99. The minimum absolute atomic E-state index is 0.299. The van der Waals surface area contributed by atoms with E-state index in [1.165, 1.54) is 11.8 Å². The average molecular weight is 290 g/mol. The fourth-order valence-electron chi connectivity index (χ4n) is 1.46. The second-order valence-electron chi connectivity index (χ2n) is 4.20. The van der Waals surface area contributed by atoms with Crippen LogP contribution < -0.4 is 0 Å². The maximum Gasteiger partial charge on any atom is 0.340 e. The van der Waals surface area contributed by atoms with Gasteiger partial charge in [-0.05, 0) is 26.3 Å². The van der Waals surface area contributed by atoms with Gasteiger partial charge in [0.2, 0.25) is 0 Å². The summed E-state index contributed by atoms with van der Waals surface area (Å²) in [4.78, 5) is 16.1. The van der Waals surface area contributed by atoms with E-state index in [2.05, 4.69) is 17.6 Å². The molecule has 1 rings (SSSR count). The largest absolute Gasteiger partial charge is 0.462 e. The van der Waals surface area contributed by atoms with Crippen molar-refractivity contribution >= 4 is 17.7 Å². The predicted molar refractivity (Wildman–Crippen MR) is 79.8 cm³/mol. The standard InChI is InChI=1S/C15H18N2O2S/c1-5-10(3)9-20-14-12(8-16)7-13(11(4)17-14)15(18)19-6-2/h7H,3,5-6,9H2,1-2,4H3. The number of hydrogen-bond acceptors (Lipinski definition) is 5. The molecule has 20 heavy (non-hydrogen) atoms. The van der Waals surface area contributed by atoms with Crippen molar-refractivity contribution < 1.29 is 9.53 Å². The van der Waals surface area contributed by atoms with Crippen molar-refractivity contribution in [2.24, 2.45) is 0 Å². The van der Waals surface area contributed by atoms with Crippen molar-refractivity contribution in [1.82, 2.24) is 4.98 Å². The van der Waals surface area contributed by atoms with Gasteiger partial charge in [0.15, 0.2) is 0 Å². The lowest BCUT2D eigenvalue weighted by molar-refractivity contribution is 0.0524. The lowest BCUT2D eigenvalue weighted by Gasteiger charge is -2.09. The van der Waals surface area contributed by atoms with Gasteiger partial charge in [-0.3, -0.25) is 0 Å². The molecular formula is C15H18N2O2S. The Morgan fingerprint density at radius 3 is 2.80 bits per heavy atom. The lowest BCUT2D eigenvalue weighted by Crippen LogP contribution is -2.09. The summed E-state index contributed by atoms with van der Waals surface area (Å²) in [7, 11) is 0. The molecule has 1 aromatic rings. The van der Waals surface area contributed by atoms with E-state index >= 15 is 0 Å². The minimum Gasteiger partial charge on any atom is -0.462 e. The molecule has 0 bridgehead atoms. The van der Waals surface area contributed by atoms with E-state index in [9.17, 15) is 10.1 Å². The monoisotopic (exact) mass is 290 g/mol. The Kier molecular flexibility index (Phi) is 6.26. The number of hydrogen-bond donors (Lipinski definition) is 0. The molecule has 0 aromatic carbocycles. The maximum atomic E-state index is 11.8. The Morgan fingerprint density at radius 1 is 1.55 bits per heavy atom. The predicted octanol–water partition coefficient (Wildman–Crippen LogP) is 3.50. The van der Waals surface area contributed by atoms with Crippen LogP contribution in [0.2, 0.25) is 0 Å². The van der Waals surface area contributed by atoms with Gasteiger partial charge >= 0.3 is 5.97 Å². The van der Waals surface area contributed by atoms with Gasteiger partial charge in [-0.25, -0.2) is 9.78 Å². The zero-order valence-electron chi connectivity index (χ0n) is 12.0. The number of esters is 1. The van der Waals surface area contributed by atoms with E-state index in [1.807, 2.05) is 6.92 Å². The van der Waals surface area contributed by atoms with E-state index in [0.29, 0.717) is 28.5 Å². The zero-order valence-corrected chi connectivity index (χ0v) is 12.8. The average Bonchev–Trinajstić information content (AvgIpc) is 2.44. The first-order chi connectivity index (χ1) is 9.53. The van der Waals surface area contributed by atoms with E-state index in [0.717, 1.165) is 17.7 Å². The Bertz CT molecular complexity index is 562. The van der Waals surface area contributed by atoms with Gasteiger partial charge in [0.05, 0.1) is 23.4 Å². The molecule has 0 spiro atoms. The maximum absolute atomic E-state index is 11.8. The highest BCUT2D eigenvalue weighted by Crippen LogP contribution is 2.25. The number of aryl methyl sites for hydroxylation is 1. The van der Waals surface area contributed by atoms with Crippen LogP contribution in [0.1, 0.15) is 41.9 Å². The van der Waals surface area contributed by atoms with Gasteiger partial charge in [-0.15, -0.1) is 11.8 Å². The van der Waals surface area contributed by atoms with Crippen LogP contribution in [-0.4, -0.2) is 23.3 Å². The number of nitriles is 1. The SMILES string of the molecule is C=C(CC)CSc1nc(C)c(C(=O)OCC)cc1C#N. The Labute approximate surface area is 123 Å². The first-order valence-electron chi connectivity index (χ1n) is 6.41. The van der Waals surface area contributed by atoms with Gasteiger partial charge in [-0.1, -0.05) is 19.1 Å². The highest BCUT2D eigenvalue weighted by Gasteiger charge is 2.16. The molecule has 1 aromatic heterocycles. The third-order valence-electron chi connectivity index (χ3n) is 2.71. The number of nitrogens with zero attached hydrogens (tertiary/aromatic N) is 2.